The standard InChI is InChI=1S/C15H11BrN2O2/c1-18(12-4-2-3-10(7-12)9-17)15(20)11-5-6-13(16)14(19)8-11/h2-8,19H,1H3. The number of carbonyl (C=O) groups is 1. The first kappa shape index (κ1) is 14.1. The highest BCUT2D eigenvalue weighted by Gasteiger charge is 2.15. The summed E-state index contributed by atoms with van der Waals surface area (Å²) in [4.78, 5) is 13.8. The average Bonchev–Trinajstić information content (AvgIpc) is 2.48. The highest BCUT2D eigenvalue weighted by atomic mass is 79.9. The van der Waals surface area contributed by atoms with Crippen LogP contribution in [0, 0.1) is 11.3 Å². The van der Waals surface area contributed by atoms with Crippen molar-refractivity contribution >= 4 is 27.5 Å². The summed E-state index contributed by atoms with van der Waals surface area (Å²) in [5.41, 5.74) is 1.48. The van der Waals surface area contributed by atoms with Crippen LogP contribution in [0.2, 0.25) is 0 Å². The van der Waals surface area contributed by atoms with E-state index in [2.05, 4.69) is 15.9 Å². The number of anilines is 1. The van der Waals surface area contributed by atoms with Gasteiger partial charge in [-0.05, 0) is 52.3 Å². The summed E-state index contributed by atoms with van der Waals surface area (Å²) < 4.78 is 0.531. The van der Waals surface area contributed by atoms with Crippen LogP contribution in [0.3, 0.4) is 0 Å². The maximum absolute atomic E-state index is 12.3. The second kappa shape index (κ2) is 5.76. The fourth-order valence-corrected chi connectivity index (χ4v) is 1.99. The van der Waals surface area contributed by atoms with Gasteiger partial charge in [-0.2, -0.15) is 5.26 Å². The molecule has 5 heteroatoms. The van der Waals surface area contributed by atoms with E-state index in [4.69, 9.17) is 5.26 Å². The molecule has 2 aromatic carbocycles. The molecule has 0 fully saturated rings. The van der Waals surface area contributed by atoms with Gasteiger partial charge in [-0.3, -0.25) is 4.79 Å². The summed E-state index contributed by atoms with van der Waals surface area (Å²) in [6.45, 7) is 0. The normalized spacial score (nSPS) is 9.85. The van der Waals surface area contributed by atoms with Gasteiger partial charge in [-0.1, -0.05) is 6.07 Å². The fourth-order valence-electron chi connectivity index (χ4n) is 1.74. The quantitative estimate of drug-likeness (QED) is 0.918. The molecule has 0 spiro atoms. The number of aromatic hydroxyl groups is 1. The lowest BCUT2D eigenvalue weighted by Gasteiger charge is -2.17. The number of phenols is 1. The van der Waals surface area contributed by atoms with Gasteiger partial charge in [0.15, 0.2) is 0 Å². The van der Waals surface area contributed by atoms with Crippen LogP contribution < -0.4 is 4.90 Å². The molecule has 2 aromatic rings. The second-order valence-corrected chi connectivity index (χ2v) is 5.05. The number of carbonyl (C=O) groups excluding carboxylic acids is 1. The van der Waals surface area contributed by atoms with Crippen molar-refractivity contribution in [2.24, 2.45) is 0 Å². The summed E-state index contributed by atoms with van der Waals surface area (Å²) in [7, 11) is 1.62. The number of halogens is 1. The number of hydrogen-bond donors (Lipinski definition) is 1. The highest BCUT2D eigenvalue weighted by Crippen LogP contribution is 2.25. The summed E-state index contributed by atoms with van der Waals surface area (Å²) in [6.07, 6.45) is 0. The summed E-state index contributed by atoms with van der Waals surface area (Å²) >= 11 is 3.17. The van der Waals surface area contributed by atoms with Gasteiger partial charge in [0.25, 0.3) is 5.91 Å². The van der Waals surface area contributed by atoms with Gasteiger partial charge in [-0.15, -0.1) is 0 Å². The molecule has 0 aliphatic carbocycles. The van der Waals surface area contributed by atoms with Crippen LogP contribution >= 0.6 is 15.9 Å². The zero-order valence-corrected chi connectivity index (χ0v) is 12.3. The Hall–Kier alpha value is -2.32. The third kappa shape index (κ3) is 2.81. The van der Waals surface area contributed by atoms with E-state index >= 15 is 0 Å². The smallest absolute Gasteiger partial charge is 0.258 e. The van der Waals surface area contributed by atoms with Crippen LogP contribution in [0.15, 0.2) is 46.9 Å². The molecule has 20 heavy (non-hydrogen) atoms. The summed E-state index contributed by atoms with van der Waals surface area (Å²) in [6, 6.07) is 13.4. The van der Waals surface area contributed by atoms with Crippen LogP contribution in [-0.2, 0) is 0 Å². The Morgan fingerprint density at radius 1 is 1.30 bits per heavy atom. The highest BCUT2D eigenvalue weighted by molar-refractivity contribution is 9.10. The molecule has 0 saturated carbocycles. The molecule has 4 nitrogen and oxygen atoms in total. The first-order chi connectivity index (χ1) is 9.52. The van der Waals surface area contributed by atoms with E-state index < -0.39 is 0 Å². The van der Waals surface area contributed by atoms with E-state index in [-0.39, 0.29) is 11.7 Å². The Labute approximate surface area is 125 Å². The number of amides is 1. The van der Waals surface area contributed by atoms with Crippen LogP contribution in [-0.4, -0.2) is 18.1 Å². The molecule has 2 rings (SSSR count). The number of rotatable bonds is 2. The van der Waals surface area contributed by atoms with Gasteiger partial charge < -0.3 is 10.0 Å². The van der Waals surface area contributed by atoms with Crippen molar-refractivity contribution in [1.29, 1.82) is 5.26 Å². The summed E-state index contributed by atoms with van der Waals surface area (Å²) in [5.74, 6) is -0.252. The molecular formula is C15H11BrN2O2. The molecular weight excluding hydrogens is 320 g/mol. The SMILES string of the molecule is CN(C(=O)c1ccc(Br)c(O)c1)c1cccc(C#N)c1. The molecule has 1 amide bonds. The minimum atomic E-state index is -0.261. The molecule has 0 heterocycles. The van der Waals surface area contributed by atoms with Gasteiger partial charge in [0.2, 0.25) is 0 Å². The predicted molar refractivity (Wildman–Crippen MR) is 79.7 cm³/mol. The number of nitriles is 1. The zero-order chi connectivity index (χ0) is 14.7. The van der Waals surface area contributed by atoms with E-state index in [1.165, 1.54) is 11.0 Å². The van der Waals surface area contributed by atoms with Crippen molar-refractivity contribution < 1.29 is 9.90 Å². The van der Waals surface area contributed by atoms with Crippen LogP contribution in [0.4, 0.5) is 5.69 Å². The van der Waals surface area contributed by atoms with Crippen molar-refractivity contribution in [3.63, 3.8) is 0 Å². The Kier molecular flexibility index (Phi) is 4.06. The number of benzene rings is 2. The lowest BCUT2D eigenvalue weighted by atomic mass is 10.1. The molecule has 0 aliphatic heterocycles. The van der Waals surface area contributed by atoms with Gasteiger partial charge in [0.05, 0.1) is 16.1 Å². The average molecular weight is 331 g/mol. The van der Waals surface area contributed by atoms with Crippen LogP contribution in [0.5, 0.6) is 5.75 Å². The third-order valence-electron chi connectivity index (χ3n) is 2.86. The maximum atomic E-state index is 12.3. The van der Waals surface area contributed by atoms with Gasteiger partial charge in [0.1, 0.15) is 5.75 Å². The molecule has 0 atom stereocenters. The van der Waals surface area contributed by atoms with Crippen LogP contribution in [0.25, 0.3) is 0 Å². The minimum Gasteiger partial charge on any atom is -0.507 e. The fraction of sp³-hybridized carbons (Fsp3) is 0.0667. The first-order valence-corrected chi connectivity index (χ1v) is 6.59. The molecule has 1 N–H and O–H groups in total. The van der Waals surface area contributed by atoms with E-state index in [9.17, 15) is 9.90 Å². The Morgan fingerprint density at radius 3 is 2.70 bits per heavy atom. The molecule has 0 radical (unpaired) electrons. The number of nitrogens with zero attached hydrogens (tertiary/aromatic N) is 2. The molecule has 0 unspecified atom stereocenters. The molecule has 0 bridgehead atoms. The van der Waals surface area contributed by atoms with Crippen molar-refractivity contribution in [2.45, 2.75) is 0 Å². The molecule has 0 saturated heterocycles. The zero-order valence-electron chi connectivity index (χ0n) is 10.7. The van der Waals surface area contributed by atoms with Crippen molar-refractivity contribution in [3.05, 3.63) is 58.1 Å². The Balaban J connectivity index is 2.32. The molecule has 0 aliphatic rings. The Morgan fingerprint density at radius 2 is 2.05 bits per heavy atom. The lowest BCUT2D eigenvalue weighted by molar-refractivity contribution is 0.0992. The van der Waals surface area contributed by atoms with Crippen LogP contribution in [0.1, 0.15) is 15.9 Å². The monoisotopic (exact) mass is 330 g/mol. The van der Waals surface area contributed by atoms with E-state index in [0.29, 0.717) is 21.3 Å². The van der Waals surface area contributed by atoms with Gasteiger partial charge in [0, 0.05) is 18.3 Å². The second-order valence-electron chi connectivity index (χ2n) is 4.19. The molecule has 0 aromatic heterocycles. The number of hydrogen-bond acceptors (Lipinski definition) is 3. The lowest BCUT2D eigenvalue weighted by Crippen LogP contribution is -2.26. The van der Waals surface area contributed by atoms with Gasteiger partial charge >= 0.3 is 0 Å². The maximum Gasteiger partial charge on any atom is 0.258 e. The van der Waals surface area contributed by atoms with Crippen molar-refractivity contribution in [3.8, 4) is 11.8 Å². The van der Waals surface area contributed by atoms with Crippen molar-refractivity contribution in [1.82, 2.24) is 0 Å². The summed E-state index contributed by atoms with van der Waals surface area (Å²) in [5, 5.41) is 18.5. The number of phenolic OH excluding ortho intramolecular Hbond substituents is 1. The van der Waals surface area contributed by atoms with E-state index in [1.807, 2.05) is 6.07 Å². The Bertz CT molecular complexity index is 707. The van der Waals surface area contributed by atoms with Crippen molar-refractivity contribution in [2.75, 3.05) is 11.9 Å². The first-order valence-electron chi connectivity index (χ1n) is 5.79. The topological polar surface area (TPSA) is 64.3 Å². The van der Waals surface area contributed by atoms with Gasteiger partial charge in [-0.25, -0.2) is 0 Å². The van der Waals surface area contributed by atoms with E-state index in [1.54, 1.807) is 43.4 Å². The van der Waals surface area contributed by atoms with E-state index in [0.717, 1.165) is 0 Å². The minimum absolute atomic E-state index is 0.00928. The third-order valence-corrected chi connectivity index (χ3v) is 3.53. The largest absolute Gasteiger partial charge is 0.507 e. The predicted octanol–water partition coefficient (Wildman–Crippen LogP) is 3.30. The molecule has 100 valence electrons.